The van der Waals surface area contributed by atoms with Crippen LogP contribution in [0.1, 0.15) is 5.69 Å². The van der Waals surface area contributed by atoms with Crippen LogP contribution in [0.2, 0.25) is 0 Å². The van der Waals surface area contributed by atoms with Gasteiger partial charge in [0.1, 0.15) is 11.6 Å². The topological polar surface area (TPSA) is 76.9 Å². The Labute approximate surface area is 134 Å². The van der Waals surface area contributed by atoms with Crippen LogP contribution in [-0.4, -0.2) is 23.4 Å². The van der Waals surface area contributed by atoms with E-state index in [1.54, 1.807) is 0 Å². The summed E-state index contributed by atoms with van der Waals surface area (Å²) in [7, 11) is -4.34. The third-order valence-electron chi connectivity index (χ3n) is 2.94. The van der Waals surface area contributed by atoms with Gasteiger partial charge >= 0.3 is 0 Å². The number of nitrogens with zero attached hydrogens (tertiary/aromatic N) is 3. The first-order chi connectivity index (χ1) is 11.0. The number of hydrogen-bond acceptors (Lipinski definition) is 5. The number of benzene rings is 1. The zero-order chi connectivity index (χ0) is 16.4. The van der Waals surface area contributed by atoms with Crippen LogP contribution >= 0.6 is 11.3 Å². The molecule has 0 bridgehead atoms. The van der Waals surface area contributed by atoms with Gasteiger partial charge in [0.25, 0.3) is 0 Å². The molecule has 0 amide bonds. The molecule has 0 fully saturated rings. The number of thiophene rings is 1. The molecule has 1 N–H and O–H groups in total. The fourth-order valence-corrected chi connectivity index (χ4v) is 3.63. The molecule has 0 aliphatic rings. The van der Waals surface area contributed by atoms with E-state index < -0.39 is 26.6 Å². The highest BCUT2D eigenvalue weighted by atomic mass is 32.2. The third kappa shape index (κ3) is 3.28. The van der Waals surface area contributed by atoms with E-state index in [2.05, 4.69) is 15.0 Å². The Bertz CT molecular complexity index is 903. The number of hydrogen-bond donors (Lipinski definition) is 1. The van der Waals surface area contributed by atoms with Gasteiger partial charge in [-0.2, -0.15) is 11.3 Å². The molecule has 0 aliphatic heterocycles. The van der Waals surface area contributed by atoms with Crippen molar-refractivity contribution in [2.45, 2.75) is 11.4 Å². The summed E-state index contributed by atoms with van der Waals surface area (Å²) in [5, 5.41) is 11.4. The van der Waals surface area contributed by atoms with E-state index in [4.69, 9.17) is 0 Å². The maximum Gasteiger partial charge on any atom is 0.246 e. The molecule has 0 saturated heterocycles. The monoisotopic (exact) mass is 356 g/mol. The minimum atomic E-state index is -4.34. The van der Waals surface area contributed by atoms with E-state index in [0.29, 0.717) is 5.69 Å². The van der Waals surface area contributed by atoms with E-state index in [-0.39, 0.29) is 6.54 Å². The first-order valence-electron chi connectivity index (χ1n) is 6.35. The smallest absolute Gasteiger partial charge is 0.220 e. The number of rotatable bonds is 5. The molecule has 0 radical (unpaired) electrons. The van der Waals surface area contributed by atoms with E-state index in [1.807, 2.05) is 16.8 Å². The molecule has 1 aromatic carbocycles. The van der Waals surface area contributed by atoms with E-state index in [0.717, 1.165) is 23.9 Å². The summed E-state index contributed by atoms with van der Waals surface area (Å²) in [5.41, 5.74) is 1.10. The largest absolute Gasteiger partial charge is 0.246 e. The summed E-state index contributed by atoms with van der Waals surface area (Å²) in [6, 6.07) is 4.67. The Balaban J connectivity index is 1.78. The summed E-state index contributed by atoms with van der Waals surface area (Å²) in [4.78, 5) is -1.01. The van der Waals surface area contributed by atoms with Gasteiger partial charge < -0.3 is 0 Å². The van der Waals surface area contributed by atoms with Gasteiger partial charge in [-0.05, 0) is 23.6 Å². The molecule has 2 aromatic heterocycles. The van der Waals surface area contributed by atoms with Crippen molar-refractivity contribution in [1.29, 1.82) is 0 Å². The lowest BCUT2D eigenvalue weighted by Crippen LogP contribution is -2.25. The zero-order valence-electron chi connectivity index (χ0n) is 11.5. The van der Waals surface area contributed by atoms with Gasteiger partial charge in [0, 0.05) is 5.38 Å². The standard InChI is InChI=1S/C13H10F2N4O2S2/c14-11-2-1-3-12(15)13(11)23(20,21)16-6-9-7-19(18-17-9)10-4-5-22-8-10/h1-5,7-8,16H,6H2. The molecular weight excluding hydrogens is 346 g/mol. The Hall–Kier alpha value is -2.17. The van der Waals surface area contributed by atoms with Crippen LogP contribution in [-0.2, 0) is 16.6 Å². The molecule has 120 valence electrons. The maximum absolute atomic E-state index is 13.6. The molecule has 0 aliphatic carbocycles. The van der Waals surface area contributed by atoms with E-state index >= 15 is 0 Å². The van der Waals surface area contributed by atoms with Crippen LogP contribution < -0.4 is 4.72 Å². The van der Waals surface area contributed by atoms with Crippen molar-refractivity contribution in [3.8, 4) is 5.69 Å². The number of sulfonamides is 1. The fraction of sp³-hybridized carbons (Fsp3) is 0.0769. The minimum Gasteiger partial charge on any atom is -0.220 e. The van der Waals surface area contributed by atoms with Gasteiger partial charge in [0.2, 0.25) is 10.0 Å². The molecule has 2 heterocycles. The van der Waals surface area contributed by atoms with E-state index in [9.17, 15) is 17.2 Å². The van der Waals surface area contributed by atoms with Crippen LogP contribution in [0.4, 0.5) is 8.78 Å². The molecule has 10 heteroatoms. The second-order valence-electron chi connectivity index (χ2n) is 4.51. The lowest BCUT2D eigenvalue weighted by atomic mass is 10.3. The van der Waals surface area contributed by atoms with Crippen molar-refractivity contribution >= 4 is 21.4 Å². The van der Waals surface area contributed by atoms with Gasteiger partial charge in [-0.15, -0.1) is 5.10 Å². The Kier molecular flexibility index (Phi) is 4.20. The normalized spacial score (nSPS) is 11.7. The lowest BCUT2D eigenvalue weighted by Gasteiger charge is -2.07. The maximum atomic E-state index is 13.6. The summed E-state index contributed by atoms with van der Waals surface area (Å²) < 4.78 is 54.8. The van der Waals surface area contributed by atoms with Gasteiger partial charge in [-0.25, -0.2) is 26.6 Å². The molecule has 0 unspecified atom stereocenters. The first-order valence-corrected chi connectivity index (χ1v) is 8.77. The first kappa shape index (κ1) is 15.7. The van der Waals surface area contributed by atoms with Gasteiger partial charge in [0.05, 0.1) is 24.1 Å². The molecule has 3 rings (SSSR count). The van der Waals surface area contributed by atoms with Gasteiger partial charge in [-0.3, -0.25) is 0 Å². The van der Waals surface area contributed by atoms with Crippen molar-refractivity contribution in [3.05, 3.63) is 58.6 Å². The molecule has 23 heavy (non-hydrogen) atoms. The SMILES string of the molecule is O=S(=O)(NCc1cn(-c2ccsc2)nn1)c1c(F)cccc1F. The van der Waals surface area contributed by atoms with Crippen molar-refractivity contribution in [3.63, 3.8) is 0 Å². The minimum absolute atomic E-state index is 0.236. The molecule has 0 spiro atoms. The summed E-state index contributed by atoms with van der Waals surface area (Å²) in [5.74, 6) is -2.31. The second-order valence-corrected chi connectivity index (χ2v) is 7.00. The summed E-state index contributed by atoms with van der Waals surface area (Å²) in [6.45, 7) is -0.236. The summed E-state index contributed by atoms with van der Waals surface area (Å²) in [6.07, 6.45) is 1.53. The van der Waals surface area contributed by atoms with Crippen molar-refractivity contribution in [2.24, 2.45) is 0 Å². The van der Waals surface area contributed by atoms with Gasteiger partial charge in [0.15, 0.2) is 4.90 Å². The van der Waals surface area contributed by atoms with Crippen LogP contribution in [0.25, 0.3) is 5.69 Å². The highest BCUT2D eigenvalue weighted by molar-refractivity contribution is 7.89. The van der Waals surface area contributed by atoms with Crippen LogP contribution in [0, 0.1) is 11.6 Å². The Morgan fingerprint density at radius 1 is 1.22 bits per heavy atom. The number of nitrogens with one attached hydrogen (secondary N) is 1. The fourth-order valence-electron chi connectivity index (χ4n) is 1.87. The van der Waals surface area contributed by atoms with Crippen molar-refractivity contribution in [2.75, 3.05) is 0 Å². The highest BCUT2D eigenvalue weighted by Gasteiger charge is 2.23. The van der Waals surface area contributed by atoms with Crippen LogP contribution in [0.3, 0.4) is 0 Å². The average Bonchev–Trinajstić information content (AvgIpc) is 3.16. The van der Waals surface area contributed by atoms with Crippen molar-refractivity contribution < 1.29 is 17.2 Å². The molecular formula is C13H10F2N4O2S2. The Morgan fingerprint density at radius 3 is 2.61 bits per heavy atom. The predicted molar refractivity (Wildman–Crippen MR) is 79.6 cm³/mol. The molecule has 0 atom stereocenters. The van der Waals surface area contributed by atoms with Crippen LogP contribution in [0.5, 0.6) is 0 Å². The lowest BCUT2D eigenvalue weighted by molar-refractivity contribution is 0.513. The third-order valence-corrected chi connectivity index (χ3v) is 5.07. The quantitative estimate of drug-likeness (QED) is 0.759. The second kappa shape index (κ2) is 6.14. The zero-order valence-corrected chi connectivity index (χ0v) is 13.1. The molecule has 3 aromatic rings. The average molecular weight is 356 g/mol. The number of halogens is 2. The highest BCUT2D eigenvalue weighted by Crippen LogP contribution is 2.18. The summed E-state index contributed by atoms with van der Waals surface area (Å²) >= 11 is 1.48. The van der Waals surface area contributed by atoms with Crippen molar-refractivity contribution in [1.82, 2.24) is 19.7 Å². The predicted octanol–water partition coefficient (Wildman–Crippen LogP) is 2.09. The molecule has 6 nitrogen and oxygen atoms in total. The number of aromatic nitrogens is 3. The van der Waals surface area contributed by atoms with Crippen LogP contribution in [0.15, 0.2) is 46.1 Å². The van der Waals surface area contributed by atoms with E-state index in [1.165, 1.54) is 22.2 Å². The Morgan fingerprint density at radius 2 is 1.96 bits per heavy atom. The molecule has 0 saturated carbocycles. The van der Waals surface area contributed by atoms with Gasteiger partial charge in [-0.1, -0.05) is 11.3 Å².